The van der Waals surface area contributed by atoms with Crippen LogP contribution < -0.4 is 10.2 Å². The Morgan fingerprint density at radius 1 is 1.38 bits per heavy atom. The van der Waals surface area contributed by atoms with Gasteiger partial charge in [0.2, 0.25) is 5.95 Å². The molecule has 1 rings (SSSR count). The van der Waals surface area contributed by atoms with E-state index in [1.165, 1.54) is 0 Å². The zero-order chi connectivity index (χ0) is 11.8. The van der Waals surface area contributed by atoms with Gasteiger partial charge in [-0.25, -0.2) is 9.97 Å². The van der Waals surface area contributed by atoms with E-state index in [4.69, 9.17) is 5.11 Å². The molecule has 0 aliphatic rings. The normalized spacial score (nSPS) is 10.4. The van der Waals surface area contributed by atoms with Crippen molar-refractivity contribution in [2.24, 2.45) is 0 Å². The first kappa shape index (κ1) is 12.9. The first-order chi connectivity index (χ1) is 7.81. The van der Waals surface area contributed by atoms with Crippen LogP contribution in [0.15, 0.2) is 12.4 Å². The third-order valence-corrected chi connectivity index (χ3v) is 2.32. The molecule has 0 aliphatic carbocycles. The van der Waals surface area contributed by atoms with Crippen LogP contribution in [0.25, 0.3) is 0 Å². The Morgan fingerprint density at radius 3 is 2.56 bits per heavy atom. The van der Waals surface area contributed by atoms with E-state index in [-0.39, 0.29) is 6.61 Å². The summed E-state index contributed by atoms with van der Waals surface area (Å²) >= 11 is 0. The standard InChI is InChI=1S/C11H20N4O/c1-3-15(5-4-6-16)11-13-8-10(7-12-2)9-14-11/h8-9,12,16H,3-7H2,1-2H3. The maximum atomic E-state index is 8.80. The van der Waals surface area contributed by atoms with Crippen molar-refractivity contribution in [3.63, 3.8) is 0 Å². The minimum Gasteiger partial charge on any atom is -0.396 e. The fourth-order valence-corrected chi connectivity index (χ4v) is 1.47. The van der Waals surface area contributed by atoms with E-state index in [1.54, 1.807) is 0 Å². The summed E-state index contributed by atoms with van der Waals surface area (Å²) in [6.45, 7) is 4.68. The Kier molecular flexibility index (Phi) is 5.74. The third-order valence-electron chi connectivity index (χ3n) is 2.32. The summed E-state index contributed by atoms with van der Waals surface area (Å²) < 4.78 is 0. The van der Waals surface area contributed by atoms with Crippen molar-refractivity contribution >= 4 is 5.95 Å². The van der Waals surface area contributed by atoms with Gasteiger partial charge in [-0.3, -0.25) is 0 Å². The Morgan fingerprint density at radius 2 is 2.06 bits per heavy atom. The second-order valence-corrected chi connectivity index (χ2v) is 3.58. The molecule has 0 saturated heterocycles. The first-order valence-corrected chi connectivity index (χ1v) is 5.63. The maximum Gasteiger partial charge on any atom is 0.225 e. The fraction of sp³-hybridized carbons (Fsp3) is 0.636. The van der Waals surface area contributed by atoms with Crippen molar-refractivity contribution in [1.82, 2.24) is 15.3 Å². The van der Waals surface area contributed by atoms with E-state index in [0.717, 1.165) is 37.6 Å². The molecule has 0 aromatic carbocycles. The van der Waals surface area contributed by atoms with Crippen LogP contribution in [0.4, 0.5) is 5.95 Å². The molecule has 0 fully saturated rings. The Hall–Kier alpha value is -1.20. The van der Waals surface area contributed by atoms with Crippen LogP contribution in [0.2, 0.25) is 0 Å². The molecule has 0 aliphatic heterocycles. The minimum absolute atomic E-state index is 0.203. The number of hydrogen-bond donors (Lipinski definition) is 2. The Balaban J connectivity index is 2.62. The van der Waals surface area contributed by atoms with E-state index >= 15 is 0 Å². The average Bonchev–Trinajstić information content (AvgIpc) is 2.32. The lowest BCUT2D eigenvalue weighted by molar-refractivity contribution is 0.289. The molecule has 16 heavy (non-hydrogen) atoms. The lowest BCUT2D eigenvalue weighted by atomic mass is 10.3. The third kappa shape index (κ3) is 3.75. The van der Waals surface area contributed by atoms with E-state index in [1.807, 2.05) is 19.4 Å². The number of aliphatic hydroxyl groups is 1. The second-order valence-electron chi connectivity index (χ2n) is 3.58. The Labute approximate surface area is 96.5 Å². The quantitative estimate of drug-likeness (QED) is 0.702. The van der Waals surface area contributed by atoms with E-state index in [0.29, 0.717) is 0 Å². The van der Waals surface area contributed by atoms with Crippen molar-refractivity contribution in [2.75, 3.05) is 31.6 Å². The number of nitrogens with zero attached hydrogens (tertiary/aromatic N) is 3. The molecular formula is C11H20N4O. The summed E-state index contributed by atoms with van der Waals surface area (Å²) in [5.41, 5.74) is 1.07. The predicted molar refractivity (Wildman–Crippen MR) is 64.4 cm³/mol. The second kappa shape index (κ2) is 7.14. The first-order valence-electron chi connectivity index (χ1n) is 5.63. The molecule has 90 valence electrons. The van der Waals surface area contributed by atoms with Crippen molar-refractivity contribution in [3.05, 3.63) is 18.0 Å². The molecular weight excluding hydrogens is 204 g/mol. The molecule has 5 nitrogen and oxygen atoms in total. The van der Waals surface area contributed by atoms with Gasteiger partial charge in [0.25, 0.3) is 0 Å². The van der Waals surface area contributed by atoms with Crippen molar-refractivity contribution in [2.45, 2.75) is 19.9 Å². The van der Waals surface area contributed by atoms with Crippen LogP contribution in [0.3, 0.4) is 0 Å². The summed E-state index contributed by atoms with van der Waals surface area (Å²) in [6, 6.07) is 0. The number of anilines is 1. The van der Waals surface area contributed by atoms with Crippen LogP contribution in [-0.2, 0) is 6.54 Å². The molecule has 0 atom stereocenters. The zero-order valence-electron chi connectivity index (χ0n) is 9.98. The van der Waals surface area contributed by atoms with Crippen molar-refractivity contribution in [1.29, 1.82) is 0 Å². The molecule has 1 aromatic rings. The predicted octanol–water partition coefficient (Wildman–Crippen LogP) is 0.405. The van der Waals surface area contributed by atoms with Gasteiger partial charge in [0, 0.05) is 44.2 Å². The van der Waals surface area contributed by atoms with E-state index in [9.17, 15) is 0 Å². The van der Waals surface area contributed by atoms with Crippen LogP contribution >= 0.6 is 0 Å². The highest BCUT2D eigenvalue weighted by atomic mass is 16.3. The maximum absolute atomic E-state index is 8.80. The molecule has 5 heteroatoms. The molecule has 0 spiro atoms. The summed E-state index contributed by atoms with van der Waals surface area (Å²) in [7, 11) is 1.90. The lowest BCUT2D eigenvalue weighted by Crippen LogP contribution is -2.26. The highest BCUT2D eigenvalue weighted by molar-refractivity contribution is 5.29. The van der Waals surface area contributed by atoms with Crippen molar-refractivity contribution < 1.29 is 5.11 Å². The molecule has 0 amide bonds. The van der Waals surface area contributed by atoms with Gasteiger partial charge >= 0.3 is 0 Å². The fourth-order valence-electron chi connectivity index (χ4n) is 1.47. The minimum atomic E-state index is 0.203. The summed E-state index contributed by atoms with van der Waals surface area (Å²) in [5, 5.41) is 11.9. The molecule has 0 radical (unpaired) electrons. The van der Waals surface area contributed by atoms with E-state index < -0.39 is 0 Å². The summed E-state index contributed by atoms with van der Waals surface area (Å²) in [5.74, 6) is 0.732. The van der Waals surface area contributed by atoms with Crippen molar-refractivity contribution in [3.8, 4) is 0 Å². The smallest absolute Gasteiger partial charge is 0.225 e. The largest absolute Gasteiger partial charge is 0.396 e. The van der Waals surface area contributed by atoms with Gasteiger partial charge in [0.15, 0.2) is 0 Å². The molecule has 0 unspecified atom stereocenters. The van der Waals surface area contributed by atoms with E-state index in [2.05, 4.69) is 27.1 Å². The van der Waals surface area contributed by atoms with Gasteiger partial charge < -0.3 is 15.3 Å². The number of rotatable bonds is 7. The summed E-state index contributed by atoms with van der Waals surface area (Å²) in [6.07, 6.45) is 4.41. The molecule has 0 bridgehead atoms. The highest BCUT2D eigenvalue weighted by Gasteiger charge is 2.06. The molecule has 2 N–H and O–H groups in total. The number of aliphatic hydroxyl groups excluding tert-OH is 1. The summed E-state index contributed by atoms with van der Waals surface area (Å²) in [4.78, 5) is 10.7. The SMILES string of the molecule is CCN(CCCO)c1ncc(CNC)cn1. The molecule has 1 aromatic heterocycles. The van der Waals surface area contributed by atoms with Gasteiger partial charge in [-0.2, -0.15) is 0 Å². The van der Waals surface area contributed by atoms with Gasteiger partial charge in [0.05, 0.1) is 0 Å². The average molecular weight is 224 g/mol. The topological polar surface area (TPSA) is 61.3 Å². The highest BCUT2D eigenvalue weighted by Crippen LogP contribution is 2.07. The van der Waals surface area contributed by atoms with Gasteiger partial charge in [-0.05, 0) is 20.4 Å². The number of hydrogen-bond acceptors (Lipinski definition) is 5. The van der Waals surface area contributed by atoms with Gasteiger partial charge in [0.1, 0.15) is 0 Å². The van der Waals surface area contributed by atoms with Gasteiger partial charge in [-0.15, -0.1) is 0 Å². The van der Waals surface area contributed by atoms with Crippen LogP contribution in [0.5, 0.6) is 0 Å². The van der Waals surface area contributed by atoms with Crippen LogP contribution in [0, 0.1) is 0 Å². The Bertz CT molecular complexity index is 289. The number of nitrogens with one attached hydrogen (secondary N) is 1. The molecule has 1 heterocycles. The van der Waals surface area contributed by atoms with Gasteiger partial charge in [-0.1, -0.05) is 0 Å². The lowest BCUT2D eigenvalue weighted by Gasteiger charge is -2.20. The monoisotopic (exact) mass is 224 g/mol. The van der Waals surface area contributed by atoms with Crippen LogP contribution in [-0.4, -0.2) is 41.8 Å². The number of aromatic nitrogens is 2. The molecule has 0 saturated carbocycles. The zero-order valence-corrected chi connectivity index (χ0v) is 9.98. The van der Waals surface area contributed by atoms with Crippen LogP contribution in [0.1, 0.15) is 18.9 Å².